The normalized spacial score (nSPS) is 16.0. The minimum atomic E-state index is -0.884. The van der Waals surface area contributed by atoms with Crippen molar-refractivity contribution < 1.29 is 15.0 Å². The molecule has 6 nitrogen and oxygen atoms in total. The molecule has 0 bridgehead atoms. The monoisotopic (exact) mass is 237 g/mol. The van der Waals surface area contributed by atoms with Gasteiger partial charge in [0.05, 0.1) is 5.69 Å². The van der Waals surface area contributed by atoms with E-state index in [-0.39, 0.29) is 5.75 Å². The smallest absolute Gasteiger partial charge is 0.407 e. The van der Waals surface area contributed by atoms with Gasteiger partial charge in [0.1, 0.15) is 5.75 Å². The van der Waals surface area contributed by atoms with Crippen LogP contribution in [0.1, 0.15) is 0 Å². The number of carboxylic acid groups (broad SMARTS) is 1. The molecule has 0 aliphatic carbocycles. The number of aromatic hydroxyl groups is 1. The van der Waals surface area contributed by atoms with Crippen molar-refractivity contribution in [3.8, 4) is 5.75 Å². The van der Waals surface area contributed by atoms with E-state index in [9.17, 15) is 9.90 Å². The molecule has 0 aromatic heterocycles. The number of nitrogens with two attached hydrogens (primary N) is 1. The predicted molar refractivity (Wildman–Crippen MR) is 64.3 cm³/mol. The summed E-state index contributed by atoms with van der Waals surface area (Å²) in [4.78, 5) is 14.2. The van der Waals surface area contributed by atoms with Gasteiger partial charge in [-0.2, -0.15) is 0 Å². The van der Waals surface area contributed by atoms with Gasteiger partial charge >= 0.3 is 6.09 Å². The highest BCUT2D eigenvalue weighted by atomic mass is 16.4. The van der Waals surface area contributed by atoms with E-state index in [4.69, 9.17) is 10.8 Å². The molecule has 1 aromatic carbocycles. The molecule has 92 valence electrons. The first-order valence-corrected chi connectivity index (χ1v) is 5.39. The summed E-state index contributed by atoms with van der Waals surface area (Å²) in [5, 5.41) is 18.3. The Labute approximate surface area is 98.9 Å². The first kappa shape index (κ1) is 11.4. The molecule has 0 radical (unpaired) electrons. The van der Waals surface area contributed by atoms with Gasteiger partial charge in [0.2, 0.25) is 0 Å². The molecule has 0 spiro atoms. The Bertz CT molecular complexity index is 428. The summed E-state index contributed by atoms with van der Waals surface area (Å²) in [5.41, 5.74) is 6.73. The molecule has 6 heteroatoms. The van der Waals surface area contributed by atoms with Crippen LogP contribution in [0.2, 0.25) is 0 Å². The van der Waals surface area contributed by atoms with E-state index < -0.39 is 6.09 Å². The lowest BCUT2D eigenvalue weighted by Gasteiger charge is -2.34. The topological polar surface area (TPSA) is 90.0 Å². The van der Waals surface area contributed by atoms with Crippen LogP contribution in [0.25, 0.3) is 0 Å². The summed E-state index contributed by atoms with van der Waals surface area (Å²) >= 11 is 0. The molecular weight excluding hydrogens is 222 g/mol. The largest absolute Gasteiger partial charge is 0.506 e. The van der Waals surface area contributed by atoms with Crippen molar-refractivity contribution in [3.05, 3.63) is 18.2 Å². The lowest BCUT2D eigenvalue weighted by atomic mass is 10.2. The summed E-state index contributed by atoms with van der Waals surface area (Å²) in [6, 6.07) is 5.07. The minimum absolute atomic E-state index is 0.0585. The van der Waals surface area contributed by atoms with Crippen LogP contribution in [0.5, 0.6) is 5.75 Å². The van der Waals surface area contributed by atoms with Crippen LogP contribution in [0, 0.1) is 0 Å². The molecule has 1 saturated heterocycles. The predicted octanol–water partition coefficient (Wildman–Crippen LogP) is 0.774. The molecule has 1 aromatic rings. The van der Waals surface area contributed by atoms with E-state index in [1.807, 2.05) is 11.0 Å². The van der Waals surface area contributed by atoms with Crippen molar-refractivity contribution in [1.29, 1.82) is 0 Å². The summed E-state index contributed by atoms with van der Waals surface area (Å²) < 4.78 is 0. The van der Waals surface area contributed by atoms with Crippen molar-refractivity contribution in [2.45, 2.75) is 0 Å². The number of hydrogen-bond donors (Lipinski definition) is 3. The van der Waals surface area contributed by atoms with Gasteiger partial charge in [0, 0.05) is 37.9 Å². The number of anilines is 2. The van der Waals surface area contributed by atoms with E-state index in [1.54, 1.807) is 12.1 Å². The summed E-state index contributed by atoms with van der Waals surface area (Å²) in [5.74, 6) is 0.0585. The highest BCUT2D eigenvalue weighted by molar-refractivity contribution is 5.66. The maximum absolute atomic E-state index is 10.7. The number of benzene rings is 1. The SMILES string of the molecule is Nc1ccc(N2CCN(C(=O)O)CC2)cc1O. The second-order valence-corrected chi connectivity index (χ2v) is 4.00. The number of carbonyl (C=O) groups is 1. The van der Waals surface area contributed by atoms with Crippen LogP contribution in [0.4, 0.5) is 16.2 Å². The average Bonchev–Trinajstić information content (AvgIpc) is 2.33. The third-order valence-corrected chi connectivity index (χ3v) is 2.93. The zero-order valence-corrected chi connectivity index (χ0v) is 9.33. The van der Waals surface area contributed by atoms with Crippen LogP contribution in [-0.4, -0.2) is 47.4 Å². The number of hydrogen-bond acceptors (Lipinski definition) is 4. The van der Waals surface area contributed by atoms with Crippen LogP contribution in [0.3, 0.4) is 0 Å². The molecule has 1 amide bonds. The molecule has 1 aliphatic rings. The fraction of sp³-hybridized carbons (Fsp3) is 0.364. The molecule has 0 unspecified atom stereocenters. The van der Waals surface area contributed by atoms with Gasteiger partial charge in [-0.15, -0.1) is 0 Å². The standard InChI is InChI=1S/C11H15N3O3/c12-9-2-1-8(7-10(9)15)13-3-5-14(6-4-13)11(16)17/h1-2,7,15H,3-6,12H2,(H,16,17). The maximum atomic E-state index is 10.7. The van der Waals surface area contributed by atoms with E-state index >= 15 is 0 Å². The minimum Gasteiger partial charge on any atom is -0.506 e. The van der Waals surface area contributed by atoms with Gasteiger partial charge in [0.15, 0.2) is 0 Å². The second kappa shape index (κ2) is 4.40. The third-order valence-electron chi connectivity index (χ3n) is 2.93. The first-order chi connectivity index (χ1) is 8.08. The highest BCUT2D eigenvalue weighted by Crippen LogP contribution is 2.26. The molecule has 1 heterocycles. The molecule has 1 fully saturated rings. The van der Waals surface area contributed by atoms with E-state index in [1.165, 1.54) is 4.90 Å². The number of piperazine rings is 1. The zero-order valence-electron chi connectivity index (χ0n) is 9.33. The van der Waals surface area contributed by atoms with E-state index in [2.05, 4.69) is 0 Å². The lowest BCUT2D eigenvalue weighted by molar-refractivity contribution is 0.142. The van der Waals surface area contributed by atoms with Crippen LogP contribution < -0.4 is 10.6 Å². The number of nitrogens with zero attached hydrogens (tertiary/aromatic N) is 2. The fourth-order valence-electron chi connectivity index (χ4n) is 1.88. The summed E-state index contributed by atoms with van der Waals surface area (Å²) in [6.07, 6.45) is -0.884. The van der Waals surface area contributed by atoms with Gasteiger partial charge in [-0.1, -0.05) is 0 Å². The molecule has 0 saturated carbocycles. The van der Waals surface area contributed by atoms with Crippen molar-refractivity contribution in [2.75, 3.05) is 36.8 Å². The van der Waals surface area contributed by atoms with E-state index in [0.717, 1.165) is 5.69 Å². The summed E-state index contributed by atoms with van der Waals surface area (Å²) in [7, 11) is 0. The molecule has 2 rings (SSSR count). The molecule has 17 heavy (non-hydrogen) atoms. The Morgan fingerprint density at radius 2 is 1.88 bits per heavy atom. The maximum Gasteiger partial charge on any atom is 0.407 e. The average molecular weight is 237 g/mol. The number of rotatable bonds is 1. The van der Waals surface area contributed by atoms with Gasteiger partial charge in [-0.25, -0.2) is 4.79 Å². The van der Waals surface area contributed by atoms with Crippen molar-refractivity contribution in [1.82, 2.24) is 4.90 Å². The number of phenols is 1. The van der Waals surface area contributed by atoms with Crippen molar-refractivity contribution in [3.63, 3.8) is 0 Å². The molecule has 0 atom stereocenters. The summed E-state index contributed by atoms with van der Waals surface area (Å²) in [6.45, 7) is 2.19. The quantitative estimate of drug-likeness (QED) is 0.496. The Morgan fingerprint density at radius 3 is 2.41 bits per heavy atom. The number of nitrogen functional groups attached to an aromatic ring is 1. The Kier molecular flexibility index (Phi) is 2.95. The van der Waals surface area contributed by atoms with Gasteiger partial charge < -0.3 is 25.7 Å². The molecular formula is C11H15N3O3. The Morgan fingerprint density at radius 1 is 1.24 bits per heavy atom. The van der Waals surface area contributed by atoms with Crippen molar-refractivity contribution in [2.24, 2.45) is 0 Å². The van der Waals surface area contributed by atoms with Gasteiger partial charge in [0.25, 0.3) is 0 Å². The lowest BCUT2D eigenvalue weighted by Crippen LogP contribution is -2.48. The fourth-order valence-corrected chi connectivity index (χ4v) is 1.88. The van der Waals surface area contributed by atoms with Gasteiger partial charge in [-0.05, 0) is 12.1 Å². The molecule has 4 N–H and O–H groups in total. The first-order valence-electron chi connectivity index (χ1n) is 5.39. The number of amides is 1. The second-order valence-electron chi connectivity index (χ2n) is 4.00. The third kappa shape index (κ3) is 2.35. The zero-order chi connectivity index (χ0) is 12.4. The van der Waals surface area contributed by atoms with Crippen LogP contribution in [-0.2, 0) is 0 Å². The highest BCUT2D eigenvalue weighted by Gasteiger charge is 2.20. The Hall–Kier alpha value is -2.11. The van der Waals surface area contributed by atoms with Gasteiger partial charge in [-0.3, -0.25) is 0 Å². The Balaban J connectivity index is 2.05. The van der Waals surface area contributed by atoms with Crippen LogP contribution in [0.15, 0.2) is 18.2 Å². The number of phenolic OH excluding ortho intramolecular Hbond substituents is 1. The molecule has 1 aliphatic heterocycles. The van der Waals surface area contributed by atoms with Crippen molar-refractivity contribution >= 4 is 17.5 Å². The van der Waals surface area contributed by atoms with E-state index in [0.29, 0.717) is 31.9 Å². The van der Waals surface area contributed by atoms with Crippen LogP contribution >= 0.6 is 0 Å².